The molecule has 4 nitrogen and oxygen atoms in total. The Morgan fingerprint density at radius 1 is 1.24 bits per heavy atom. The molecule has 1 N–H and O–H groups in total. The fraction of sp³-hybridized carbons (Fsp3) is 0.200. The maximum absolute atomic E-state index is 13.9. The van der Waals surface area contributed by atoms with Crippen LogP contribution in [-0.2, 0) is 0 Å². The van der Waals surface area contributed by atoms with Gasteiger partial charge in [0.15, 0.2) is 0 Å². The number of anilines is 1. The van der Waals surface area contributed by atoms with Crippen LogP contribution >= 0.6 is 11.3 Å². The Hall–Kier alpha value is -2.21. The van der Waals surface area contributed by atoms with Gasteiger partial charge in [0.05, 0.1) is 23.0 Å². The summed E-state index contributed by atoms with van der Waals surface area (Å²) in [5.74, 6) is 0.269. The van der Waals surface area contributed by atoms with E-state index in [9.17, 15) is 4.39 Å². The smallest absolute Gasteiger partial charge is 0.236 e. The molecular weight excluding hydrogens is 289 g/mol. The molecular formula is C15H14FN3OS. The van der Waals surface area contributed by atoms with Gasteiger partial charge >= 0.3 is 0 Å². The minimum Gasteiger partial charge on any atom is -0.497 e. The molecule has 0 radical (unpaired) electrons. The van der Waals surface area contributed by atoms with Crippen molar-refractivity contribution >= 4 is 27.2 Å². The summed E-state index contributed by atoms with van der Waals surface area (Å²) in [7, 11) is 1.62. The summed E-state index contributed by atoms with van der Waals surface area (Å²) in [6.07, 6.45) is 0. The van der Waals surface area contributed by atoms with E-state index in [4.69, 9.17) is 4.74 Å². The lowest BCUT2D eigenvalue weighted by atomic mass is 10.3. The minimum atomic E-state index is -0.508. The number of nitrogens with one attached hydrogen (secondary N) is 1. The summed E-state index contributed by atoms with van der Waals surface area (Å²) < 4.78 is 20.1. The lowest BCUT2D eigenvalue weighted by Crippen LogP contribution is -2.01. The highest BCUT2D eigenvalue weighted by Gasteiger charge is 2.11. The Bertz CT molecular complexity index is 788. The van der Waals surface area contributed by atoms with Gasteiger partial charge in [-0.25, -0.2) is 9.97 Å². The molecule has 0 aliphatic heterocycles. The highest BCUT2D eigenvalue weighted by Crippen LogP contribution is 2.32. The first-order valence-corrected chi connectivity index (χ1v) is 7.38. The van der Waals surface area contributed by atoms with E-state index in [1.165, 1.54) is 11.3 Å². The summed E-state index contributed by atoms with van der Waals surface area (Å²) in [5, 5.41) is 3.62. The van der Waals surface area contributed by atoms with Crippen LogP contribution in [0.3, 0.4) is 0 Å². The van der Waals surface area contributed by atoms with Crippen molar-refractivity contribution in [2.75, 3.05) is 19.0 Å². The molecule has 0 atom stereocenters. The number of rotatable bonds is 4. The molecule has 21 heavy (non-hydrogen) atoms. The number of methoxy groups -OCH3 is 1. The third-order valence-corrected chi connectivity index (χ3v) is 4.07. The van der Waals surface area contributed by atoms with Gasteiger partial charge in [0.1, 0.15) is 16.5 Å². The summed E-state index contributed by atoms with van der Waals surface area (Å²) in [4.78, 5) is 8.48. The summed E-state index contributed by atoms with van der Waals surface area (Å²) in [5.41, 5.74) is 1.80. The molecule has 0 fully saturated rings. The van der Waals surface area contributed by atoms with Crippen molar-refractivity contribution < 1.29 is 9.13 Å². The number of halogens is 1. The fourth-order valence-electron chi connectivity index (χ4n) is 2.02. The molecule has 3 rings (SSSR count). The van der Waals surface area contributed by atoms with Crippen molar-refractivity contribution in [1.29, 1.82) is 0 Å². The van der Waals surface area contributed by atoms with Crippen molar-refractivity contribution in [3.05, 3.63) is 36.3 Å². The molecule has 0 bridgehead atoms. The second kappa shape index (κ2) is 5.65. The Morgan fingerprint density at radius 2 is 2.10 bits per heavy atom. The molecule has 0 unspecified atom stereocenters. The zero-order valence-corrected chi connectivity index (χ0v) is 12.5. The van der Waals surface area contributed by atoms with E-state index >= 15 is 0 Å². The van der Waals surface area contributed by atoms with Gasteiger partial charge in [-0.05, 0) is 37.3 Å². The predicted octanol–water partition coefficient (Wildman–Crippen LogP) is 3.94. The van der Waals surface area contributed by atoms with Crippen LogP contribution in [0, 0.1) is 5.95 Å². The quantitative estimate of drug-likeness (QED) is 0.742. The largest absolute Gasteiger partial charge is 0.497 e. The highest BCUT2D eigenvalue weighted by molar-refractivity contribution is 7.21. The van der Waals surface area contributed by atoms with E-state index in [1.807, 2.05) is 25.1 Å². The number of ether oxygens (including phenoxy) is 1. The molecule has 1 aromatic carbocycles. The van der Waals surface area contributed by atoms with Gasteiger partial charge in [0.25, 0.3) is 0 Å². The SMILES string of the molecule is CCNc1ccc(-c2nc3ccc(OC)cc3s2)nc1F. The van der Waals surface area contributed by atoms with E-state index in [0.717, 1.165) is 16.0 Å². The van der Waals surface area contributed by atoms with Crippen LogP contribution in [0.1, 0.15) is 6.92 Å². The average molecular weight is 303 g/mol. The molecule has 3 aromatic rings. The number of pyridine rings is 1. The number of hydrogen-bond donors (Lipinski definition) is 1. The molecule has 2 aromatic heterocycles. The Kier molecular flexibility index (Phi) is 3.70. The van der Waals surface area contributed by atoms with Gasteiger partial charge in [0.2, 0.25) is 5.95 Å². The minimum absolute atomic E-state index is 0.407. The number of benzene rings is 1. The van der Waals surface area contributed by atoms with Crippen LogP contribution in [0.15, 0.2) is 30.3 Å². The summed E-state index contributed by atoms with van der Waals surface area (Å²) in [6, 6.07) is 9.12. The van der Waals surface area contributed by atoms with Crippen LogP contribution in [0.5, 0.6) is 5.75 Å². The Labute approximate surface area is 125 Å². The third-order valence-electron chi connectivity index (χ3n) is 3.03. The molecule has 0 saturated heterocycles. The van der Waals surface area contributed by atoms with Gasteiger partial charge in [0, 0.05) is 6.54 Å². The standard InChI is InChI=1S/C15H14FN3OS/c1-3-17-11-6-7-12(18-14(11)16)15-19-10-5-4-9(20-2)8-13(10)21-15/h4-8,17H,3H2,1-2H3. The van der Waals surface area contributed by atoms with Crippen molar-refractivity contribution in [1.82, 2.24) is 9.97 Å². The molecule has 0 aliphatic carbocycles. The van der Waals surface area contributed by atoms with Gasteiger partial charge in [-0.15, -0.1) is 11.3 Å². The number of thiazole rings is 1. The predicted molar refractivity (Wildman–Crippen MR) is 83.5 cm³/mol. The van der Waals surface area contributed by atoms with Crippen LogP contribution in [0.4, 0.5) is 10.1 Å². The zero-order chi connectivity index (χ0) is 14.8. The summed E-state index contributed by atoms with van der Waals surface area (Å²) in [6.45, 7) is 2.56. The van der Waals surface area contributed by atoms with E-state index in [0.29, 0.717) is 22.9 Å². The summed E-state index contributed by atoms with van der Waals surface area (Å²) >= 11 is 1.47. The van der Waals surface area contributed by atoms with Gasteiger partial charge in [-0.3, -0.25) is 0 Å². The van der Waals surface area contributed by atoms with Crippen LogP contribution < -0.4 is 10.1 Å². The second-order valence-electron chi connectivity index (χ2n) is 4.42. The molecule has 108 valence electrons. The maximum atomic E-state index is 13.9. The van der Waals surface area contributed by atoms with Crippen molar-refractivity contribution in [3.8, 4) is 16.5 Å². The van der Waals surface area contributed by atoms with Crippen molar-refractivity contribution in [2.45, 2.75) is 6.92 Å². The normalized spacial score (nSPS) is 10.8. The molecule has 0 spiro atoms. The molecule has 2 heterocycles. The second-order valence-corrected chi connectivity index (χ2v) is 5.45. The lowest BCUT2D eigenvalue weighted by Gasteiger charge is -2.04. The Morgan fingerprint density at radius 3 is 2.81 bits per heavy atom. The average Bonchev–Trinajstić information content (AvgIpc) is 2.92. The zero-order valence-electron chi connectivity index (χ0n) is 11.7. The highest BCUT2D eigenvalue weighted by atomic mass is 32.1. The van der Waals surface area contributed by atoms with Crippen LogP contribution in [0.2, 0.25) is 0 Å². The van der Waals surface area contributed by atoms with E-state index < -0.39 is 5.95 Å². The topological polar surface area (TPSA) is 47.0 Å². The molecule has 0 amide bonds. The Balaban J connectivity index is 2.01. The molecule has 0 saturated carbocycles. The number of hydrogen-bond acceptors (Lipinski definition) is 5. The number of fused-ring (bicyclic) bond motifs is 1. The number of aromatic nitrogens is 2. The van der Waals surface area contributed by atoms with Crippen molar-refractivity contribution in [3.63, 3.8) is 0 Å². The maximum Gasteiger partial charge on any atom is 0.236 e. The first-order chi connectivity index (χ1) is 10.2. The van der Waals surface area contributed by atoms with E-state index in [1.54, 1.807) is 19.2 Å². The first-order valence-electron chi connectivity index (χ1n) is 6.56. The van der Waals surface area contributed by atoms with E-state index in [2.05, 4.69) is 15.3 Å². The fourth-order valence-corrected chi connectivity index (χ4v) is 2.98. The van der Waals surface area contributed by atoms with Gasteiger partial charge < -0.3 is 10.1 Å². The van der Waals surface area contributed by atoms with E-state index in [-0.39, 0.29) is 0 Å². The number of nitrogens with zero attached hydrogens (tertiary/aromatic N) is 2. The molecule has 0 aliphatic rings. The third kappa shape index (κ3) is 2.67. The van der Waals surface area contributed by atoms with Gasteiger partial charge in [-0.2, -0.15) is 4.39 Å². The first kappa shape index (κ1) is 13.8. The van der Waals surface area contributed by atoms with Crippen LogP contribution in [0.25, 0.3) is 20.9 Å². The monoisotopic (exact) mass is 303 g/mol. The van der Waals surface area contributed by atoms with Crippen molar-refractivity contribution in [2.24, 2.45) is 0 Å². The van der Waals surface area contributed by atoms with Crippen LogP contribution in [-0.4, -0.2) is 23.6 Å². The van der Waals surface area contributed by atoms with Gasteiger partial charge in [-0.1, -0.05) is 0 Å². The molecule has 6 heteroatoms. The lowest BCUT2D eigenvalue weighted by molar-refractivity contribution is 0.415.